The molecule has 2 aliphatic carbocycles. The molecule has 1 heterocycles. The first kappa shape index (κ1) is 11.9. The topological polar surface area (TPSA) is 30.5 Å². The van der Waals surface area contributed by atoms with E-state index in [-0.39, 0.29) is 0 Å². The lowest BCUT2D eigenvalue weighted by Gasteiger charge is -2.26. The van der Waals surface area contributed by atoms with Crippen LogP contribution in [0, 0.1) is 11.8 Å². The molecule has 4 rings (SSSR count). The Bertz CT molecular complexity index is 505. The molecule has 2 bridgehead atoms. The number of hydrogen-bond donors (Lipinski definition) is 1. The van der Waals surface area contributed by atoms with Gasteiger partial charge in [-0.05, 0) is 47.0 Å². The van der Waals surface area contributed by atoms with E-state index in [0.717, 1.165) is 33.5 Å². The number of anilines is 1. The molecule has 0 saturated heterocycles. The number of benzene rings is 1. The van der Waals surface area contributed by atoms with Gasteiger partial charge in [0.05, 0.1) is 5.69 Å². The van der Waals surface area contributed by atoms with E-state index in [9.17, 15) is 0 Å². The normalized spacial score (nSPS) is 31.5. The molecule has 3 unspecified atom stereocenters. The van der Waals surface area contributed by atoms with E-state index in [4.69, 9.17) is 9.47 Å². The van der Waals surface area contributed by atoms with Crippen molar-refractivity contribution < 1.29 is 9.47 Å². The van der Waals surface area contributed by atoms with Crippen molar-refractivity contribution in [2.24, 2.45) is 11.8 Å². The van der Waals surface area contributed by atoms with Gasteiger partial charge in [-0.25, -0.2) is 0 Å². The average molecular weight is 324 g/mol. The van der Waals surface area contributed by atoms with Crippen molar-refractivity contribution in [2.45, 2.75) is 31.7 Å². The van der Waals surface area contributed by atoms with Crippen molar-refractivity contribution in [3.8, 4) is 11.5 Å². The molecule has 0 amide bonds. The van der Waals surface area contributed by atoms with Gasteiger partial charge in [-0.2, -0.15) is 0 Å². The van der Waals surface area contributed by atoms with Crippen LogP contribution in [-0.4, -0.2) is 19.3 Å². The second-order valence-electron chi connectivity index (χ2n) is 5.90. The second-order valence-corrected chi connectivity index (χ2v) is 6.76. The lowest BCUT2D eigenvalue weighted by molar-refractivity contribution is 0.171. The highest BCUT2D eigenvalue weighted by atomic mass is 79.9. The van der Waals surface area contributed by atoms with Crippen LogP contribution < -0.4 is 14.8 Å². The highest BCUT2D eigenvalue weighted by molar-refractivity contribution is 9.10. The highest BCUT2D eigenvalue weighted by Gasteiger charge is 2.39. The molecule has 1 aromatic rings. The van der Waals surface area contributed by atoms with Crippen molar-refractivity contribution in [1.29, 1.82) is 0 Å². The molecule has 19 heavy (non-hydrogen) atoms. The van der Waals surface area contributed by atoms with Gasteiger partial charge in [-0.15, -0.1) is 0 Å². The predicted molar refractivity (Wildman–Crippen MR) is 78.0 cm³/mol. The van der Waals surface area contributed by atoms with Crippen LogP contribution in [0.15, 0.2) is 16.6 Å². The molecule has 102 valence electrons. The van der Waals surface area contributed by atoms with Crippen LogP contribution in [0.2, 0.25) is 0 Å². The van der Waals surface area contributed by atoms with Gasteiger partial charge in [0.15, 0.2) is 11.5 Å². The van der Waals surface area contributed by atoms with Gasteiger partial charge < -0.3 is 14.8 Å². The number of nitrogens with one attached hydrogen (secondary N) is 1. The fraction of sp³-hybridized carbons (Fsp3) is 0.600. The minimum atomic E-state index is 0.637. The van der Waals surface area contributed by atoms with E-state index in [1.54, 1.807) is 0 Å². The van der Waals surface area contributed by atoms with Gasteiger partial charge in [-0.1, -0.05) is 6.42 Å². The Labute approximate surface area is 121 Å². The molecule has 3 atom stereocenters. The maximum Gasteiger partial charge on any atom is 0.163 e. The highest BCUT2D eigenvalue weighted by Crippen LogP contribution is 2.47. The summed E-state index contributed by atoms with van der Waals surface area (Å²) in [5.74, 6) is 3.53. The molecule has 0 aromatic heterocycles. The summed E-state index contributed by atoms with van der Waals surface area (Å²) in [6.45, 7) is 1.28. The molecule has 2 saturated carbocycles. The van der Waals surface area contributed by atoms with E-state index < -0.39 is 0 Å². The zero-order valence-corrected chi connectivity index (χ0v) is 12.4. The number of halogens is 1. The molecular formula is C15H18BrNO2. The molecule has 3 nitrogen and oxygen atoms in total. The van der Waals surface area contributed by atoms with Gasteiger partial charge in [-0.3, -0.25) is 0 Å². The molecule has 1 N–H and O–H groups in total. The third-order valence-corrected chi connectivity index (χ3v) is 5.37. The summed E-state index contributed by atoms with van der Waals surface area (Å²) in [4.78, 5) is 0. The first-order valence-electron chi connectivity index (χ1n) is 7.15. The van der Waals surface area contributed by atoms with Crippen LogP contribution >= 0.6 is 15.9 Å². The Morgan fingerprint density at radius 2 is 1.84 bits per heavy atom. The Balaban J connectivity index is 1.57. The maximum atomic E-state index is 5.66. The standard InChI is InChI=1S/C15H18BrNO2/c16-11-7-14-15(19-4-3-18-14)8-13(11)17-12-6-9-1-2-10(12)5-9/h7-10,12,17H,1-6H2. The van der Waals surface area contributed by atoms with Crippen LogP contribution in [0.3, 0.4) is 0 Å². The fourth-order valence-corrected chi connectivity index (χ4v) is 4.23. The number of fused-ring (bicyclic) bond motifs is 3. The van der Waals surface area contributed by atoms with Crippen molar-refractivity contribution in [1.82, 2.24) is 0 Å². The number of rotatable bonds is 2. The lowest BCUT2D eigenvalue weighted by atomic mass is 9.95. The first-order chi connectivity index (χ1) is 9.29. The largest absolute Gasteiger partial charge is 0.486 e. The molecule has 0 radical (unpaired) electrons. The van der Waals surface area contributed by atoms with Crippen molar-refractivity contribution in [3.05, 3.63) is 16.6 Å². The van der Waals surface area contributed by atoms with E-state index in [0.29, 0.717) is 19.3 Å². The summed E-state index contributed by atoms with van der Waals surface area (Å²) < 4.78 is 12.3. The van der Waals surface area contributed by atoms with Gasteiger partial charge >= 0.3 is 0 Å². The zero-order chi connectivity index (χ0) is 12.8. The van der Waals surface area contributed by atoms with E-state index in [1.165, 1.54) is 25.7 Å². The maximum absolute atomic E-state index is 5.66. The third-order valence-electron chi connectivity index (χ3n) is 4.71. The minimum absolute atomic E-state index is 0.637. The second kappa shape index (κ2) is 4.58. The van der Waals surface area contributed by atoms with Gasteiger partial charge in [0, 0.05) is 22.6 Å². The number of ether oxygens (including phenoxy) is 2. The van der Waals surface area contributed by atoms with Gasteiger partial charge in [0.1, 0.15) is 13.2 Å². The van der Waals surface area contributed by atoms with Crippen molar-refractivity contribution in [2.75, 3.05) is 18.5 Å². The SMILES string of the molecule is Brc1cc2c(cc1NC1CC3CCC1C3)OCCO2. The third kappa shape index (κ3) is 2.10. The molecule has 4 heteroatoms. The van der Waals surface area contributed by atoms with Crippen LogP contribution in [0.25, 0.3) is 0 Å². The smallest absolute Gasteiger partial charge is 0.163 e. The van der Waals surface area contributed by atoms with Crippen LogP contribution in [0.5, 0.6) is 11.5 Å². The van der Waals surface area contributed by atoms with Gasteiger partial charge in [0.25, 0.3) is 0 Å². The molecular weight excluding hydrogens is 306 g/mol. The lowest BCUT2D eigenvalue weighted by Crippen LogP contribution is -2.26. The van der Waals surface area contributed by atoms with Crippen molar-refractivity contribution in [3.63, 3.8) is 0 Å². The van der Waals surface area contributed by atoms with Crippen LogP contribution in [0.4, 0.5) is 5.69 Å². The summed E-state index contributed by atoms with van der Waals surface area (Å²) in [5.41, 5.74) is 1.14. The van der Waals surface area contributed by atoms with Gasteiger partial charge in [0.2, 0.25) is 0 Å². The minimum Gasteiger partial charge on any atom is -0.486 e. The quantitative estimate of drug-likeness (QED) is 0.897. The van der Waals surface area contributed by atoms with E-state index in [2.05, 4.69) is 27.3 Å². The summed E-state index contributed by atoms with van der Waals surface area (Å²) in [6.07, 6.45) is 5.57. The van der Waals surface area contributed by atoms with Crippen molar-refractivity contribution >= 4 is 21.6 Å². The molecule has 1 aromatic carbocycles. The Kier molecular flexibility index (Phi) is 2.87. The Morgan fingerprint density at radius 1 is 1.05 bits per heavy atom. The number of hydrogen-bond acceptors (Lipinski definition) is 3. The van der Waals surface area contributed by atoms with E-state index in [1.807, 2.05) is 6.07 Å². The summed E-state index contributed by atoms with van der Waals surface area (Å²) in [7, 11) is 0. The predicted octanol–water partition coefficient (Wildman–Crippen LogP) is 3.82. The average Bonchev–Trinajstić information content (AvgIpc) is 3.02. The first-order valence-corrected chi connectivity index (χ1v) is 7.94. The molecule has 1 aliphatic heterocycles. The Hall–Kier alpha value is -0.900. The molecule has 3 aliphatic rings. The van der Waals surface area contributed by atoms with Crippen LogP contribution in [0.1, 0.15) is 25.7 Å². The zero-order valence-electron chi connectivity index (χ0n) is 10.8. The van der Waals surface area contributed by atoms with Crippen LogP contribution in [-0.2, 0) is 0 Å². The molecule has 0 spiro atoms. The summed E-state index contributed by atoms with van der Waals surface area (Å²) >= 11 is 3.64. The summed E-state index contributed by atoms with van der Waals surface area (Å²) in [5, 5.41) is 3.71. The monoisotopic (exact) mass is 323 g/mol. The molecule has 2 fully saturated rings. The summed E-state index contributed by atoms with van der Waals surface area (Å²) in [6, 6.07) is 4.73. The fourth-order valence-electron chi connectivity index (χ4n) is 3.80. The van der Waals surface area contributed by atoms with E-state index >= 15 is 0 Å². The Morgan fingerprint density at radius 3 is 2.53 bits per heavy atom.